The molecule has 84 valence electrons. The van der Waals surface area contributed by atoms with Gasteiger partial charge in [-0.15, -0.1) is 24.0 Å². The van der Waals surface area contributed by atoms with E-state index in [1.165, 1.54) is 11.5 Å². The van der Waals surface area contributed by atoms with Crippen LogP contribution in [0.1, 0.15) is 0 Å². The molecule has 1 aliphatic rings. The summed E-state index contributed by atoms with van der Waals surface area (Å²) in [4.78, 5) is 6.51. The lowest BCUT2D eigenvalue weighted by atomic mass is 10.5. The quantitative estimate of drug-likeness (QED) is 0.362. The molecule has 0 spiro atoms. The molecule has 0 aliphatic carbocycles. The van der Waals surface area contributed by atoms with Crippen molar-refractivity contribution in [3.8, 4) is 0 Å². The van der Waals surface area contributed by atoms with E-state index in [1.54, 1.807) is 11.8 Å². The summed E-state index contributed by atoms with van der Waals surface area (Å²) >= 11 is 3.79. The maximum absolute atomic E-state index is 5.85. The van der Waals surface area contributed by atoms with Crippen molar-refractivity contribution in [2.45, 2.75) is 0 Å². The first kappa shape index (κ1) is 14.7. The molecule has 3 nitrogen and oxygen atoms in total. The molecule has 0 aromatic heterocycles. The molecule has 14 heavy (non-hydrogen) atoms. The second-order valence-corrected chi connectivity index (χ2v) is 5.04. The van der Waals surface area contributed by atoms with Crippen molar-refractivity contribution in [2.75, 3.05) is 43.1 Å². The highest BCUT2D eigenvalue weighted by Gasteiger charge is 2.11. The maximum atomic E-state index is 5.85. The van der Waals surface area contributed by atoms with Crippen molar-refractivity contribution in [2.24, 2.45) is 10.7 Å². The van der Waals surface area contributed by atoms with E-state index in [0.717, 1.165) is 31.3 Å². The first-order valence-corrected chi connectivity index (χ1v) is 7.01. The van der Waals surface area contributed by atoms with Crippen molar-refractivity contribution in [1.82, 2.24) is 4.90 Å². The van der Waals surface area contributed by atoms with Gasteiger partial charge in [-0.25, -0.2) is 0 Å². The Labute approximate surface area is 112 Å². The largest absolute Gasteiger partial charge is 0.370 e. The van der Waals surface area contributed by atoms with E-state index in [9.17, 15) is 0 Å². The van der Waals surface area contributed by atoms with Crippen LogP contribution in [0.2, 0.25) is 0 Å². The third-order valence-corrected chi connectivity index (χ3v) is 3.44. The van der Waals surface area contributed by atoms with Gasteiger partial charge in [0.05, 0.1) is 6.54 Å². The van der Waals surface area contributed by atoms with Crippen LogP contribution >= 0.6 is 47.5 Å². The average Bonchev–Trinajstić information content (AvgIpc) is 2.19. The molecule has 1 heterocycles. The van der Waals surface area contributed by atoms with Gasteiger partial charge in [0, 0.05) is 30.3 Å². The van der Waals surface area contributed by atoms with Crippen LogP contribution in [0.5, 0.6) is 0 Å². The minimum absolute atomic E-state index is 0. The van der Waals surface area contributed by atoms with Crippen LogP contribution in [0.15, 0.2) is 4.99 Å². The Morgan fingerprint density at radius 2 is 2.14 bits per heavy atom. The van der Waals surface area contributed by atoms with Crippen LogP contribution < -0.4 is 5.73 Å². The molecule has 1 saturated heterocycles. The van der Waals surface area contributed by atoms with Crippen LogP contribution in [0.3, 0.4) is 0 Å². The predicted octanol–water partition coefficient (Wildman–Crippen LogP) is 1.33. The second-order valence-electron chi connectivity index (χ2n) is 2.83. The minimum Gasteiger partial charge on any atom is -0.370 e. The molecule has 0 aromatic rings. The summed E-state index contributed by atoms with van der Waals surface area (Å²) in [6, 6.07) is 0. The third kappa shape index (κ3) is 5.55. The normalized spacial score (nSPS) is 17.8. The van der Waals surface area contributed by atoms with Crippen LogP contribution in [-0.2, 0) is 0 Å². The van der Waals surface area contributed by atoms with E-state index in [1.807, 2.05) is 11.8 Å². The third-order valence-electron chi connectivity index (χ3n) is 1.90. The molecule has 6 heteroatoms. The Morgan fingerprint density at radius 1 is 1.50 bits per heavy atom. The van der Waals surface area contributed by atoms with Crippen molar-refractivity contribution in [1.29, 1.82) is 0 Å². The number of thioether (sulfide) groups is 2. The van der Waals surface area contributed by atoms with Gasteiger partial charge in [-0.3, -0.25) is 4.99 Å². The van der Waals surface area contributed by atoms with E-state index in [0.29, 0.717) is 0 Å². The van der Waals surface area contributed by atoms with Crippen molar-refractivity contribution >= 4 is 53.5 Å². The van der Waals surface area contributed by atoms with E-state index < -0.39 is 0 Å². The summed E-state index contributed by atoms with van der Waals surface area (Å²) in [6.07, 6.45) is 2.09. The average molecular weight is 347 g/mol. The zero-order valence-electron chi connectivity index (χ0n) is 8.44. The fraction of sp³-hybridized carbons (Fsp3) is 0.875. The number of guanidine groups is 1. The first-order chi connectivity index (χ1) is 6.34. The van der Waals surface area contributed by atoms with Gasteiger partial charge in [-0.2, -0.15) is 23.5 Å². The van der Waals surface area contributed by atoms with Gasteiger partial charge in [0.25, 0.3) is 0 Å². The number of nitrogens with zero attached hydrogens (tertiary/aromatic N) is 2. The molecule has 0 bridgehead atoms. The Bertz CT molecular complexity index is 172. The standard InChI is InChI=1S/C8H17N3S2.HI/c1-12-5-2-10-8(9)11-3-6-13-7-4-11;/h2-7H2,1H3,(H2,9,10);1H. The van der Waals surface area contributed by atoms with Gasteiger partial charge in [0.1, 0.15) is 0 Å². The van der Waals surface area contributed by atoms with E-state index >= 15 is 0 Å². The molecule has 1 rings (SSSR count). The molecule has 0 unspecified atom stereocenters. The molecule has 2 N–H and O–H groups in total. The van der Waals surface area contributed by atoms with Gasteiger partial charge in [0.2, 0.25) is 0 Å². The van der Waals surface area contributed by atoms with Crippen LogP contribution in [-0.4, -0.2) is 54.0 Å². The Hall–Kier alpha value is 0.700. The fourth-order valence-electron chi connectivity index (χ4n) is 1.14. The number of rotatable bonds is 3. The molecule has 0 saturated carbocycles. The number of nitrogens with two attached hydrogens (primary N) is 1. The molecule has 1 fully saturated rings. The summed E-state index contributed by atoms with van der Waals surface area (Å²) in [6.45, 7) is 2.95. The molecule has 0 atom stereocenters. The second kappa shape index (κ2) is 8.96. The summed E-state index contributed by atoms with van der Waals surface area (Å²) < 4.78 is 0. The molecule has 0 aromatic carbocycles. The van der Waals surface area contributed by atoms with Gasteiger partial charge < -0.3 is 10.6 Å². The lowest BCUT2D eigenvalue weighted by Gasteiger charge is -2.27. The van der Waals surface area contributed by atoms with Gasteiger partial charge in [0.15, 0.2) is 5.96 Å². The summed E-state index contributed by atoms with van der Waals surface area (Å²) in [5, 5.41) is 0. The zero-order chi connectivity index (χ0) is 9.52. The number of aliphatic imine (C=N–C) groups is 1. The number of halogens is 1. The van der Waals surface area contributed by atoms with Gasteiger partial charge in [-0.05, 0) is 6.26 Å². The Kier molecular flexibility index (Phi) is 9.41. The fourth-order valence-corrected chi connectivity index (χ4v) is 2.32. The van der Waals surface area contributed by atoms with Gasteiger partial charge >= 0.3 is 0 Å². The van der Waals surface area contributed by atoms with E-state index in [2.05, 4.69) is 16.1 Å². The van der Waals surface area contributed by atoms with E-state index in [-0.39, 0.29) is 24.0 Å². The minimum atomic E-state index is 0. The molecular formula is C8H18IN3S2. The van der Waals surface area contributed by atoms with Crippen molar-refractivity contribution in [3.05, 3.63) is 0 Å². The molecule has 0 amide bonds. The van der Waals surface area contributed by atoms with Crippen LogP contribution in [0.4, 0.5) is 0 Å². The smallest absolute Gasteiger partial charge is 0.191 e. The molecule has 1 aliphatic heterocycles. The van der Waals surface area contributed by atoms with E-state index in [4.69, 9.17) is 5.73 Å². The first-order valence-electron chi connectivity index (χ1n) is 4.46. The van der Waals surface area contributed by atoms with Crippen LogP contribution in [0.25, 0.3) is 0 Å². The molecular weight excluding hydrogens is 329 g/mol. The monoisotopic (exact) mass is 347 g/mol. The SMILES string of the molecule is CSCCN=C(N)N1CCSCC1.I. The summed E-state index contributed by atoms with van der Waals surface area (Å²) in [5.41, 5.74) is 5.85. The van der Waals surface area contributed by atoms with Crippen molar-refractivity contribution < 1.29 is 0 Å². The summed E-state index contributed by atoms with van der Waals surface area (Å²) in [7, 11) is 0. The Balaban J connectivity index is 0.00000169. The lowest BCUT2D eigenvalue weighted by Crippen LogP contribution is -2.42. The van der Waals surface area contributed by atoms with Crippen LogP contribution in [0, 0.1) is 0 Å². The molecule has 0 radical (unpaired) electrons. The zero-order valence-corrected chi connectivity index (χ0v) is 12.4. The van der Waals surface area contributed by atoms with Crippen molar-refractivity contribution in [3.63, 3.8) is 0 Å². The highest BCUT2D eigenvalue weighted by atomic mass is 127. The number of hydrogen-bond donors (Lipinski definition) is 1. The highest BCUT2D eigenvalue weighted by Crippen LogP contribution is 2.08. The topological polar surface area (TPSA) is 41.6 Å². The predicted molar refractivity (Wildman–Crippen MR) is 79.2 cm³/mol. The lowest BCUT2D eigenvalue weighted by molar-refractivity contribution is 0.456. The summed E-state index contributed by atoms with van der Waals surface area (Å²) in [5.74, 6) is 4.15. The highest BCUT2D eigenvalue weighted by molar-refractivity contribution is 14.0. The van der Waals surface area contributed by atoms with Gasteiger partial charge in [-0.1, -0.05) is 0 Å². The Morgan fingerprint density at radius 3 is 2.71 bits per heavy atom. The maximum Gasteiger partial charge on any atom is 0.191 e. The number of hydrogen-bond acceptors (Lipinski definition) is 3.